The average Bonchev–Trinajstić information content (AvgIpc) is 2.91. The molecule has 1 aromatic carbocycles. The molecule has 0 bridgehead atoms. The minimum absolute atomic E-state index is 0.184. The van der Waals surface area contributed by atoms with Crippen LogP contribution in [-0.2, 0) is 9.59 Å². The molecule has 5 heteroatoms. The van der Waals surface area contributed by atoms with E-state index in [1.807, 2.05) is 20.0 Å². The van der Waals surface area contributed by atoms with Crippen molar-refractivity contribution in [3.05, 3.63) is 52.6 Å². The number of carboxylic acids is 1. The molecule has 3 aliphatic carbocycles. The maximum atomic E-state index is 12.2. The van der Waals surface area contributed by atoms with Crippen LogP contribution < -0.4 is 4.90 Å². The molecular weight excluding hydrogens is 474 g/mol. The van der Waals surface area contributed by atoms with E-state index < -0.39 is 11.6 Å². The van der Waals surface area contributed by atoms with Gasteiger partial charge >= 0.3 is 5.97 Å². The molecule has 5 nitrogen and oxygen atoms in total. The van der Waals surface area contributed by atoms with Crippen LogP contribution in [0.3, 0.4) is 0 Å². The largest absolute Gasteiger partial charge is 0.481 e. The molecule has 0 heterocycles. The highest BCUT2D eigenvalue weighted by Crippen LogP contribution is 2.54. The molecule has 1 fully saturated rings. The summed E-state index contributed by atoms with van der Waals surface area (Å²) in [4.78, 5) is 25.2. The van der Waals surface area contributed by atoms with Crippen LogP contribution in [0, 0.1) is 23.7 Å². The smallest absolute Gasteiger partial charge is 0.303 e. The van der Waals surface area contributed by atoms with Gasteiger partial charge in [0.15, 0.2) is 5.78 Å². The molecule has 0 spiro atoms. The lowest BCUT2D eigenvalue weighted by molar-refractivity contribution is -0.137. The number of benzene rings is 1. The van der Waals surface area contributed by atoms with Crippen LogP contribution in [-0.4, -0.2) is 41.2 Å². The Hall–Kier alpha value is -2.84. The highest BCUT2D eigenvalue weighted by Gasteiger charge is 2.41. The molecule has 4 rings (SSSR count). The van der Waals surface area contributed by atoms with Crippen molar-refractivity contribution >= 4 is 17.4 Å². The van der Waals surface area contributed by atoms with Crippen molar-refractivity contribution in [2.75, 3.05) is 18.5 Å². The Labute approximate surface area is 228 Å². The SMILES string of the molecule is CC#CC(O)(CC)CC[C@@H]1CC[C@H](c2ccc(N(C)CCCC(=O)O)cc2)C2=C3CCC(=O)C=C3CC[C@H]21. The van der Waals surface area contributed by atoms with Gasteiger partial charge in [-0.15, -0.1) is 5.92 Å². The van der Waals surface area contributed by atoms with Crippen molar-refractivity contribution in [3.63, 3.8) is 0 Å². The van der Waals surface area contributed by atoms with E-state index in [-0.39, 0.29) is 12.2 Å². The van der Waals surface area contributed by atoms with Gasteiger partial charge in [-0.1, -0.05) is 30.6 Å². The van der Waals surface area contributed by atoms with Crippen LogP contribution in [0.15, 0.2) is 47.1 Å². The predicted molar refractivity (Wildman–Crippen MR) is 152 cm³/mol. The first-order valence-corrected chi connectivity index (χ1v) is 14.4. The van der Waals surface area contributed by atoms with Crippen molar-refractivity contribution in [3.8, 4) is 11.8 Å². The number of ketones is 1. The number of nitrogens with zero attached hydrogens (tertiary/aromatic N) is 1. The minimum atomic E-state index is -0.901. The molecule has 0 aliphatic heterocycles. The number of aliphatic hydroxyl groups is 1. The summed E-state index contributed by atoms with van der Waals surface area (Å²) in [6, 6.07) is 8.82. The molecule has 204 valence electrons. The summed E-state index contributed by atoms with van der Waals surface area (Å²) in [5, 5.41) is 19.9. The third-order valence-electron chi connectivity index (χ3n) is 9.08. The van der Waals surface area contributed by atoms with E-state index in [2.05, 4.69) is 41.0 Å². The number of carbonyl (C=O) groups excluding carboxylic acids is 1. The van der Waals surface area contributed by atoms with Crippen molar-refractivity contribution in [1.29, 1.82) is 0 Å². The number of carboxylic acid groups (broad SMARTS) is 1. The van der Waals surface area contributed by atoms with E-state index in [0.29, 0.717) is 50.0 Å². The number of anilines is 1. The lowest BCUT2D eigenvalue weighted by Crippen LogP contribution is -2.34. The molecule has 1 unspecified atom stereocenters. The third-order valence-corrected chi connectivity index (χ3v) is 9.08. The maximum Gasteiger partial charge on any atom is 0.303 e. The van der Waals surface area contributed by atoms with E-state index in [0.717, 1.165) is 44.2 Å². The second kappa shape index (κ2) is 12.3. The topological polar surface area (TPSA) is 77.8 Å². The molecule has 0 amide bonds. The van der Waals surface area contributed by atoms with Gasteiger partial charge in [-0.05, 0) is 111 Å². The molecule has 2 N–H and O–H groups in total. The lowest BCUT2D eigenvalue weighted by Gasteiger charge is -2.45. The zero-order chi connectivity index (χ0) is 27.3. The van der Waals surface area contributed by atoms with Crippen molar-refractivity contribution in [1.82, 2.24) is 0 Å². The van der Waals surface area contributed by atoms with Crippen molar-refractivity contribution in [2.45, 2.75) is 96.0 Å². The average molecular weight is 518 g/mol. The number of carbonyl (C=O) groups is 2. The van der Waals surface area contributed by atoms with Crippen LogP contribution in [0.1, 0.15) is 96.0 Å². The number of hydrogen-bond acceptors (Lipinski definition) is 4. The van der Waals surface area contributed by atoms with Crippen LogP contribution >= 0.6 is 0 Å². The van der Waals surface area contributed by atoms with Gasteiger partial charge in [0.05, 0.1) is 0 Å². The number of allylic oxidation sites excluding steroid dienone is 4. The van der Waals surface area contributed by atoms with E-state index in [1.54, 1.807) is 12.5 Å². The Kier molecular flexibility index (Phi) is 9.15. The Morgan fingerprint density at radius 3 is 2.58 bits per heavy atom. The van der Waals surface area contributed by atoms with Crippen LogP contribution in [0.2, 0.25) is 0 Å². The summed E-state index contributed by atoms with van der Waals surface area (Å²) in [6.45, 7) is 4.52. The molecule has 1 saturated carbocycles. The number of hydrogen-bond donors (Lipinski definition) is 2. The van der Waals surface area contributed by atoms with Gasteiger partial charge in [-0.3, -0.25) is 9.59 Å². The molecule has 4 atom stereocenters. The zero-order valence-corrected chi connectivity index (χ0v) is 23.3. The highest BCUT2D eigenvalue weighted by atomic mass is 16.4. The summed E-state index contributed by atoms with van der Waals surface area (Å²) in [6.07, 6.45) is 10.8. The summed E-state index contributed by atoms with van der Waals surface area (Å²) in [7, 11) is 2.01. The minimum Gasteiger partial charge on any atom is -0.481 e. The van der Waals surface area contributed by atoms with E-state index in [4.69, 9.17) is 5.11 Å². The quantitative estimate of drug-likeness (QED) is 0.350. The Morgan fingerprint density at radius 1 is 1.13 bits per heavy atom. The summed E-state index contributed by atoms with van der Waals surface area (Å²) in [5.41, 5.74) is 5.78. The van der Waals surface area contributed by atoms with Gasteiger partial charge in [0.1, 0.15) is 5.60 Å². The Balaban J connectivity index is 1.58. The fraction of sp³-hybridized carbons (Fsp3) is 0.576. The fourth-order valence-corrected chi connectivity index (χ4v) is 6.94. The highest BCUT2D eigenvalue weighted by molar-refractivity contribution is 5.93. The number of rotatable bonds is 10. The number of aliphatic carboxylic acids is 1. The first-order chi connectivity index (χ1) is 18.2. The van der Waals surface area contributed by atoms with Gasteiger partial charge in [0.2, 0.25) is 0 Å². The van der Waals surface area contributed by atoms with Gasteiger partial charge < -0.3 is 15.1 Å². The molecule has 38 heavy (non-hydrogen) atoms. The van der Waals surface area contributed by atoms with Gasteiger partial charge in [0, 0.05) is 38.0 Å². The third kappa shape index (κ3) is 6.41. The Morgan fingerprint density at radius 2 is 1.89 bits per heavy atom. The number of fused-ring (bicyclic) bond motifs is 2. The van der Waals surface area contributed by atoms with Gasteiger partial charge in [0.25, 0.3) is 0 Å². The van der Waals surface area contributed by atoms with Gasteiger partial charge in [-0.25, -0.2) is 0 Å². The van der Waals surface area contributed by atoms with E-state index in [9.17, 15) is 14.7 Å². The first kappa shape index (κ1) is 28.2. The Bertz CT molecular complexity index is 1150. The molecule has 0 saturated heterocycles. The van der Waals surface area contributed by atoms with E-state index >= 15 is 0 Å². The molecule has 0 radical (unpaired) electrons. The van der Waals surface area contributed by atoms with Crippen LogP contribution in [0.4, 0.5) is 5.69 Å². The monoisotopic (exact) mass is 517 g/mol. The second-order valence-electron chi connectivity index (χ2n) is 11.4. The molecule has 0 aromatic heterocycles. The van der Waals surface area contributed by atoms with Crippen LogP contribution in [0.25, 0.3) is 0 Å². The molecular formula is C33H43NO4. The lowest BCUT2D eigenvalue weighted by atomic mass is 9.60. The van der Waals surface area contributed by atoms with E-state index in [1.165, 1.54) is 16.7 Å². The van der Waals surface area contributed by atoms with Crippen molar-refractivity contribution < 1.29 is 19.8 Å². The first-order valence-electron chi connectivity index (χ1n) is 14.4. The zero-order valence-electron chi connectivity index (χ0n) is 23.3. The fourth-order valence-electron chi connectivity index (χ4n) is 6.94. The summed E-state index contributed by atoms with van der Waals surface area (Å²) >= 11 is 0. The van der Waals surface area contributed by atoms with Crippen molar-refractivity contribution in [2.24, 2.45) is 11.8 Å². The molecule has 3 aliphatic rings. The summed E-state index contributed by atoms with van der Waals surface area (Å²) in [5.74, 6) is 6.86. The predicted octanol–water partition coefficient (Wildman–Crippen LogP) is 6.42. The second-order valence-corrected chi connectivity index (χ2v) is 11.4. The van der Waals surface area contributed by atoms with Gasteiger partial charge in [-0.2, -0.15) is 0 Å². The maximum absolute atomic E-state index is 12.2. The molecule has 1 aromatic rings. The normalized spacial score (nSPS) is 24.4. The summed E-state index contributed by atoms with van der Waals surface area (Å²) < 4.78 is 0. The van der Waals surface area contributed by atoms with Crippen LogP contribution in [0.5, 0.6) is 0 Å². The standard InChI is InChI=1S/C33H43NO4/c1-4-19-33(38,5-2)20-18-24-10-15-28(32-29(24)16-11-25-22-27(35)14-17-30(25)32)23-8-12-26(13-9-23)34(3)21-6-7-31(36)37/h8-9,12-13,22,24,28-29,38H,5-7,10-11,14-18,20-21H2,1-3H3,(H,36,37)/t24-,28+,29-,33?/m0/s1.